The SMILES string of the molecule is COc1cc(-c2[se]cnc2-c2ccc3ccccc3c2)cc(OC)c1OC. The van der Waals surface area contributed by atoms with Crippen molar-refractivity contribution in [1.82, 2.24) is 4.98 Å². The van der Waals surface area contributed by atoms with Crippen molar-refractivity contribution < 1.29 is 14.2 Å². The summed E-state index contributed by atoms with van der Waals surface area (Å²) >= 11 is 0.144. The van der Waals surface area contributed by atoms with Gasteiger partial charge in [0.15, 0.2) is 0 Å². The molecule has 4 nitrogen and oxygen atoms in total. The van der Waals surface area contributed by atoms with Crippen LogP contribution in [0.2, 0.25) is 0 Å². The number of fused-ring (bicyclic) bond motifs is 1. The summed E-state index contributed by atoms with van der Waals surface area (Å²) in [5.41, 5.74) is 3.17. The Bertz CT molecular complexity index is 1080. The molecule has 0 fully saturated rings. The zero-order valence-electron chi connectivity index (χ0n) is 15.4. The monoisotopic (exact) mass is 425 g/mol. The van der Waals surface area contributed by atoms with E-state index in [2.05, 4.69) is 42.5 Å². The minimum atomic E-state index is 0.144. The average Bonchev–Trinajstić information content (AvgIpc) is 3.22. The molecular weight excluding hydrogens is 405 g/mol. The van der Waals surface area contributed by atoms with Gasteiger partial charge in [-0.15, -0.1) is 0 Å². The molecule has 0 unspecified atom stereocenters. The topological polar surface area (TPSA) is 40.6 Å². The minimum absolute atomic E-state index is 0.144. The number of aromatic nitrogens is 1. The number of ether oxygens (including phenoxy) is 3. The fraction of sp³-hybridized carbons (Fsp3) is 0.136. The van der Waals surface area contributed by atoms with Gasteiger partial charge in [0.05, 0.1) is 0 Å². The van der Waals surface area contributed by atoms with Gasteiger partial charge in [0.1, 0.15) is 0 Å². The third-order valence-electron chi connectivity index (χ3n) is 4.52. The number of methoxy groups -OCH3 is 3. The molecule has 0 saturated carbocycles. The van der Waals surface area contributed by atoms with Crippen LogP contribution in [0.3, 0.4) is 0 Å². The number of nitrogens with zero attached hydrogens (tertiary/aromatic N) is 1. The molecule has 0 aliphatic carbocycles. The first-order chi connectivity index (χ1) is 13.2. The van der Waals surface area contributed by atoms with Gasteiger partial charge in [-0.05, 0) is 0 Å². The summed E-state index contributed by atoms with van der Waals surface area (Å²) < 4.78 is 17.7. The first-order valence-electron chi connectivity index (χ1n) is 8.48. The van der Waals surface area contributed by atoms with Gasteiger partial charge in [-0.1, -0.05) is 0 Å². The Hall–Kier alpha value is -2.75. The van der Waals surface area contributed by atoms with E-state index in [0.29, 0.717) is 17.2 Å². The van der Waals surface area contributed by atoms with Crippen molar-refractivity contribution in [3.05, 3.63) is 59.7 Å². The van der Waals surface area contributed by atoms with Crippen molar-refractivity contribution in [3.63, 3.8) is 0 Å². The van der Waals surface area contributed by atoms with Crippen molar-refractivity contribution in [3.8, 4) is 38.5 Å². The summed E-state index contributed by atoms with van der Waals surface area (Å²) in [5.74, 6) is 1.91. The second kappa shape index (κ2) is 7.47. The zero-order chi connectivity index (χ0) is 18.8. The fourth-order valence-electron chi connectivity index (χ4n) is 3.21. The Kier molecular flexibility index (Phi) is 4.88. The molecule has 4 rings (SSSR count). The summed E-state index contributed by atoms with van der Waals surface area (Å²) in [7, 11) is 4.88. The van der Waals surface area contributed by atoms with Crippen molar-refractivity contribution in [2.75, 3.05) is 21.3 Å². The summed E-state index contributed by atoms with van der Waals surface area (Å²) in [5, 5.41) is 4.45. The number of rotatable bonds is 5. The van der Waals surface area contributed by atoms with E-state index in [-0.39, 0.29) is 14.5 Å². The van der Waals surface area contributed by atoms with Crippen LogP contribution in [0.5, 0.6) is 17.2 Å². The van der Waals surface area contributed by atoms with Crippen LogP contribution in [0.1, 0.15) is 0 Å². The van der Waals surface area contributed by atoms with E-state index < -0.39 is 0 Å². The molecule has 0 spiro atoms. The number of benzene rings is 3. The van der Waals surface area contributed by atoms with E-state index in [1.807, 2.05) is 17.2 Å². The van der Waals surface area contributed by atoms with Crippen LogP contribution < -0.4 is 14.2 Å². The molecule has 0 atom stereocenters. The second-order valence-electron chi connectivity index (χ2n) is 6.01. The third-order valence-corrected chi connectivity index (χ3v) is 6.35. The van der Waals surface area contributed by atoms with Gasteiger partial charge in [0.2, 0.25) is 0 Å². The Morgan fingerprint density at radius 3 is 2.11 bits per heavy atom. The maximum absolute atomic E-state index is 5.52. The standard InChI is InChI=1S/C22H19NO3Se/c1-24-18-11-17(12-19(25-2)21(18)26-3)22-20(23-13-27-22)16-9-8-14-6-4-5-7-15(14)10-16/h4-13H,1-3H3. The predicted molar refractivity (Wildman–Crippen MR) is 109 cm³/mol. The molecular formula is C22H19NO3Se. The molecule has 0 aliphatic rings. The van der Waals surface area contributed by atoms with Gasteiger partial charge in [-0.3, -0.25) is 0 Å². The van der Waals surface area contributed by atoms with E-state index in [0.717, 1.165) is 16.8 Å². The van der Waals surface area contributed by atoms with E-state index in [4.69, 9.17) is 19.2 Å². The van der Waals surface area contributed by atoms with E-state index >= 15 is 0 Å². The van der Waals surface area contributed by atoms with Crippen LogP contribution in [0.15, 0.2) is 59.7 Å². The summed E-state index contributed by atoms with van der Waals surface area (Å²) in [4.78, 5) is 4.69. The van der Waals surface area contributed by atoms with Gasteiger partial charge in [-0.25, -0.2) is 0 Å². The molecule has 0 aliphatic heterocycles. The predicted octanol–water partition coefficient (Wildman–Crippen LogP) is 4.65. The first kappa shape index (κ1) is 17.7. The molecule has 3 aromatic carbocycles. The Labute approximate surface area is 164 Å². The molecule has 0 bridgehead atoms. The normalized spacial score (nSPS) is 10.8. The molecule has 1 aromatic heterocycles. The van der Waals surface area contributed by atoms with Crippen LogP contribution in [-0.4, -0.2) is 40.8 Å². The van der Waals surface area contributed by atoms with Crippen LogP contribution in [0.25, 0.3) is 32.0 Å². The van der Waals surface area contributed by atoms with Gasteiger partial charge < -0.3 is 0 Å². The van der Waals surface area contributed by atoms with Crippen molar-refractivity contribution in [1.29, 1.82) is 0 Å². The van der Waals surface area contributed by atoms with Crippen LogP contribution in [-0.2, 0) is 0 Å². The number of hydrogen-bond acceptors (Lipinski definition) is 4. The second-order valence-corrected chi connectivity index (χ2v) is 7.80. The quantitative estimate of drug-likeness (QED) is 0.438. The molecule has 0 N–H and O–H groups in total. The Balaban J connectivity index is 1.86. The first-order valence-corrected chi connectivity index (χ1v) is 10.3. The molecule has 136 valence electrons. The third kappa shape index (κ3) is 3.20. The summed E-state index contributed by atoms with van der Waals surface area (Å²) in [6.07, 6.45) is 0. The molecule has 0 amide bonds. The van der Waals surface area contributed by atoms with Crippen molar-refractivity contribution >= 4 is 25.3 Å². The van der Waals surface area contributed by atoms with E-state index in [9.17, 15) is 0 Å². The van der Waals surface area contributed by atoms with Gasteiger partial charge in [-0.2, -0.15) is 0 Å². The van der Waals surface area contributed by atoms with Crippen LogP contribution in [0, 0.1) is 0 Å². The molecule has 5 heteroatoms. The van der Waals surface area contributed by atoms with E-state index in [1.54, 1.807) is 21.3 Å². The number of hydrogen-bond donors (Lipinski definition) is 0. The van der Waals surface area contributed by atoms with Crippen molar-refractivity contribution in [2.45, 2.75) is 0 Å². The molecule has 1 heterocycles. The maximum atomic E-state index is 5.52. The molecule has 4 aromatic rings. The van der Waals surface area contributed by atoms with Gasteiger partial charge >= 0.3 is 164 Å². The molecule has 0 saturated heterocycles. The Morgan fingerprint density at radius 1 is 0.741 bits per heavy atom. The fourth-order valence-corrected chi connectivity index (χ4v) is 4.88. The average molecular weight is 424 g/mol. The van der Waals surface area contributed by atoms with Crippen LogP contribution in [0.4, 0.5) is 0 Å². The zero-order valence-corrected chi connectivity index (χ0v) is 17.1. The van der Waals surface area contributed by atoms with Gasteiger partial charge in [0, 0.05) is 0 Å². The van der Waals surface area contributed by atoms with Crippen LogP contribution >= 0.6 is 0 Å². The van der Waals surface area contributed by atoms with Gasteiger partial charge in [0.25, 0.3) is 0 Å². The molecule has 27 heavy (non-hydrogen) atoms. The molecule has 0 radical (unpaired) electrons. The summed E-state index contributed by atoms with van der Waals surface area (Å²) in [6, 6.07) is 18.8. The summed E-state index contributed by atoms with van der Waals surface area (Å²) in [6.45, 7) is 0. The van der Waals surface area contributed by atoms with Crippen molar-refractivity contribution in [2.24, 2.45) is 0 Å². The van der Waals surface area contributed by atoms with E-state index in [1.165, 1.54) is 15.2 Å². The Morgan fingerprint density at radius 2 is 1.44 bits per heavy atom.